The minimum Gasteiger partial charge on any atom is -0.489 e. The third-order valence-corrected chi connectivity index (χ3v) is 5.57. The van der Waals surface area contributed by atoms with E-state index >= 15 is 0 Å². The number of fused-ring (bicyclic) bond motifs is 1. The van der Waals surface area contributed by atoms with E-state index in [0.717, 1.165) is 30.7 Å². The van der Waals surface area contributed by atoms with Gasteiger partial charge in [-0.05, 0) is 47.9 Å². The van der Waals surface area contributed by atoms with Gasteiger partial charge in [0.15, 0.2) is 0 Å². The zero-order valence-corrected chi connectivity index (χ0v) is 14.1. The fourth-order valence-electron chi connectivity index (χ4n) is 4.22. The van der Waals surface area contributed by atoms with E-state index in [1.165, 1.54) is 30.5 Å². The van der Waals surface area contributed by atoms with Gasteiger partial charge in [-0.25, -0.2) is 0 Å². The van der Waals surface area contributed by atoms with Crippen LogP contribution in [0.3, 0.4) is 0 Å². The molecule has 2 aliphatic rings. The van der Waals surface area contributed by atoms with Crippen LogP contribution in [0, 0.1) is 11.8 Å². The van der Waals surface area contributed by atoms with E-state index in [4.69, 9.17) is 10.5 Å². The van der Waals surface area contributed by atoms with Crippen molar-refractivity contribution in [3.8, 4) is 5.75 Å². The molecule has 24 heavy (non-hydrogen) atoms. The average molecular weight is 322 g/mol. The first-order valence-electron chi connectivity index (χ1n) is 9.01. The van der Waals surface area contributed by atoms with Gasteiger partial charge in [0.1, 0.15) is 12.4 Å². The summed E-state index contributed by atoms with van der Waals surface area (Å²) in [5.74, 6) is 2.48. The second kappa shape index (κ2) is 6.96. The van der Waals surface area contributed by atoms with Gasteiger partial charge in [0, 0.05) is 25.7 Å². The van der Waals surface area contributed by atoms with Crippen LogP contribution in [0.4, 0.5) is 0 Å². The number of benzene rings is 2. The molecule has 2 N–H and O–H groups in total. The molecule has 0 radical (unpaired) electrons. The van der Waals surface area contributed by atoms with Crippen LogP contribution in [0.15, 0.2) is 54.6 Å². The summed E-state index contributed by atoms with van der Waals surface area (Å²) in [4.78, 5) is 2.56. The van der Waals surface area contributed by atoms with Crippen molar-refractivity contribution in [3.05, 3.63) is 65.7 Å². The van der Waals surface area contributed by atoms with E-state index in [2.05, 4.69) is 41.3 Å². The molecule has 0 amide bonds. The topological polar surface area (TPSA) is 38.5 Å². The lowest BCUT2D eigenvalue weighted by atomic mass is 9.98. The van der Waals surface area contributed by atoms with Gasteiger partial charge in [-0.3, -0.25) is 4.90 Å². The molecule has 3 heteroatoms. The third-order valence-electron chi connectivity index (χ3n) is 5.57. The molecule has 4 rings (SSSR count). The van der Waals surface area contributed by atoms with Crippen LogP contribution in [0.25, 0.3) is 0 Å². The standard InChI is InChI=1S/C21H26N2O/c22-21-11-8-18-13-23(14-20(18)21)12-16-6-9-19(10-7-16)24-15-17-4-2-1-3-5-17/h1-7,9-10,18,20-21H,8,11-15,22H2. The van der Waals surface area contributed by atoms with Crippen molar-refractivity contribution >= 4 is 0 Å². The van der Waals surface area contributed by atoms with Gasteiger partial charge in [-0.2, -0.15) is 0 Å². The number of hydrogen-bond acceptors (Lipinski definition) is 3. The number of nitrogens with zero attached hydrogens (tertiary/aromatic N) is 1. The number of rotatable bonds is 5. The molecule has 2 aromatic rings. The summed E-state index contributed by atoms with van der Waals surface area (Å²) in [6, 6.07) is 19.3. The summed E-state index contributed by atoms with van der Waals surface area (Å²) in [6.45, 7) is 4.02. The van der Waals surface area contributed by atoms with E-state index in [1.807, 2.05) is 18.2 Å². The first-order valence-corrected chi connectivity index (χ1v) is 9.01. The summed E-state index contributed by atoms with van der Waals surface area (Å²) in [5.41, 5.74) is 8.79. The van der Waals surface area contributed by atoms with Crippen molar-refractivity contribution in [2.24, 2.45) is 17.6 Å². The van der Waals surface area contributed by atoms with Crippen LogP contribution >= 0.6 is 0 Å². The van der Waals surface area contributed by atoms with Crippen molar-refractivity contribution in [3.63, 3.8) is 0 Å². The molecule has 1 saturated carbocycles. The van der Waals surface area contributed by atoms with E-state index in [1.54, 1.807) is 0 Å². The highest BCUT2D eigenvalue weighted by molar-refractivity contribution is 5.28. The Hall–Kier alpha value is -1.84. The molecule has 3 nitrogen and oxygen atoms in total. The Kier molecular flexibility index (Phi) is 4.54. The molecular weight excluding hydrogens is 296 g/mol. The quantitative estimate of drug-likeness (QED) is 0.916. The summed E-state index contributed by atoms with van der Waals surface area (Å²) in [7, 11) is 0. The largest absolute Gasteiger partial charge is 0.489 e. The van der Waals surface area contributed by atoms with Crippen molar-refractivity contribution in [1.29, 1.82) is 0 Å². The Labute approximate surface area is 144 Å². The molecule has 1 aliphatic carbocycles. The second-order valence-corrected chi connectivity index (χ2v) is 7.28. The maximum atomic E-state index is 6.23. The number of ether oxygens (including phenoxy) is 1. The van der Waals surface area contributed by atoms with E-state index in [9.17, 15) is 0 Å². The highest BCUT2D eigenvalue weighted by Crippen LogP contribution is 2.37. The summed E-state index contributed by atoms with van der Waals surface area (Å²) < 4.78 is 5.86. The van der Waals surface area contributed by atoms with Crippen LogP contribution in [0.5, 0.6) is 5.75 Å². The van der Waals surface area contributed by atoms with Gasteiger partial charge in [-0.15, -0.1) is 0 Å². The van der Waals surface area contributed by atoms with Gasteiger partial charge in [0.25, 0.3) is 0 Å². The number of nitrogens with two attached hydrogens (primary N) is 1. The number of likely N-dealkylation sites (tertiary alicyclic amines) is 1. The second-order valence-electron chi connectivity index (χ2n) is 7.28. The van der Waals surface area contributed by atoms with Crippen LogP contribution < -0.4 is 10.5 Å². The van der Waals surface area contributed by atoms with E-state index < -0.39 is 0 Å². The fraction of sp³-hybridized carbons (Fsp3) is 0.429. The SMILES string of the molecule is NC1CCC2CN(Cc3ccc(OCc4ccccc4)cc3)CC12. The van der Waals surface area contributed by atoms with E-state index in [-0.39, 0.29) is 0 Å². The molecule has 3 unspecified atom stereocenters. The van der Waals surface area contributed by atoms with Gasteiger partial charge in [0.05, 0.1) is 0 Å². The van der Waals surface area contributed by atoms with Gasteiger partial charge >= 0.3 is 0 Å². The van der Waals surface area contributed by atoms with Gasteiger partial charge in [0.2, 0.25) is 0 Å². The Morgan fingerprint density at radius 3 is 2.46 bits per heavy atom. The van der Waals surface area contributed by atoms with Crippen LogP contribution in [0.1, 0.15) is 24.0 Å². The van der Waals surface area contributed by atoms with Crippen molar-refractivity contribution in [2.75, 3.05) is 13.1 Å². The smallest absolute Gasteiger partial charge is 0.119 e. The van der Waals surface area contributed by atoms with Crippen molar-refractivity contribution in [1.82, 2.24) is 4.90 Å². The first-order chi connectivity index (χ1) is 11.8. The first kappa shape index (κ1) is 15.7. The average Bonchev–Trinajstić information content (AvgIpc) is 3.17. The molecule has 0 bridgehead atoms. The summed E-state index contributed by atoms with van der Waals surface area (Å²) in [5, 5.41) is 0. The Morgan fingerprint density at radius 2 is 1.71 bits per heavy atom. The molecular formula is C21H26N2O. The Balaban J connectivity index is 1.30. The monoisotopic (exact) mass is 322 g/mol. The fourth-order valence-corrected chi connectivity index (χ4v) is 4.22. The normalized spacial score (nSPS) is 26.5. The number of hydrogen-bond donors (Lipinski definition) is 1. The molecule has 0 aromatic heterocycles. The third kappa shape index (κ3) is 3.47. The zero-order chi connectivity index (χ0) is 16.4. The zero-order valence-electron chi connectivity index (χ0n) is 14.1. The Bertz CT molecular complexity index is 655. The summed E-state index contributed by atoms with van der Waals surface area (Å²) in [6.07, 6.45) is 2.53. The lowest BCUT2D eigenvalue weighted by Crippen LogP contribution is -2.30. The lowest BCUT2D eigenvalue weighted by Gasteiger charge is -2.18. The van der Waals surface area contributed by atoms with Crippen molar-refractivity contribution < 1.29 is 4.74 Å². The maximum absolute atomic E-state index is 6.23. The van der Waals surface area contributed by atoms with Crippen LogP contribution in [-0.2, 0) is 13.2 Å². The predicted molar refractivity (Wildman–Crippen MR) is 96.7 cm³/mol. The molecule has 126 valence electrons. The van der Waals surface area contributed by atoms with Gasteiger partial charge < -0.3 is 10.5 Å². The molecule has 2 fully saturated rings. The highest BCUT2D eigenvalue weighted by atomic mass is 16.5. The molecule has 3 atom stereocenters. The molecule has 2 aromatic carbocycles. The lowest BCUT2D eigenvalue weighted by molar-refractivity contribution is 0.296. The molecule has 1 saturated heterocycles. The highest BCUT2D eigenvalue weighted by Gasteiger charge is 2.40. The van der Waals surface area contributed by atoms with Crippen LogP contribution in [0.2, 0.25) is 0 Å². The maximum Gasteiger partial charge on any atom is 0.119 e. The predicted octanol–water partition coefficient (Wildman–Crippen LogP) is 3.43. The minimum absolute atomic E-state index is 0.425. The van der Waals surface area contributed by atoms with Crippen molar-refractivity contribution in [2.45, 2.75) is 32.0 Å². The van der Waals surface area contributed by atoms with Gasteiger partial charge in [-0.1, -0.05) is 42.5 Å². The van der Waals surface area contributed by atoms with Crippen LogP contribution in [-0.4, -0.2) is 24.0 Å². The van der Waals surface area contributed by atoms with E-state index in [0.29, 0.717) is 12.6 Å². The molecule has 0 spiro atoms. The molecule has 1 heterocycles. The molecule has 1 aliphatic heterocycles. The Morgan fingerprint density at radius 1 is 0.917 bits per heavy atom. The summed E-state index contributed by atoms with van der Waals surface area (Å²) >= 11 is 0. The minimum atomic E-state index is 0.425.